The molecule has 0 radical (unpaired) electrons. The van der Waals surface area contributed by atoms with Crippen molar-refractivity contribution in [2.45, 2.75) is 52.5 Å². The van der Waals surface area contributed by atoms with Crippen LogP contribution in [-0.4, -0.2) is 6.54 Å². The van der Waals surface area contributed by atoms with Crippen LogP contribution in [0.2, 0.25) is 10.0 Å². The molecule has 0 aromatic heterocycles. The standard InChI is InChI=1S/C17H25Cl2N/c1-13(2)10-17(7-3-4-8-17)12-20-11-14-5-6-15(18)9-16(14)19/h5-6,9,13,20H,3-4,7-8,10-12H2,1-2H3. The fourth-order valence-electron chi connectivity index (χ4n) is 3.57. The highest BCUT2D eigenvalue weighted by molar-refractivity contribution is 6.35. The van der Waals surface area contributed by atoms with Crippen LogP contribution in [0.15, 0.2) is 18.2 Å². The summed E-state index contributed by atoms with van der Waals surface area (Å²) in [5.41, 5.74) is 1.64. The molecule has 112 valence electrons. The van der Waals surface area contributed by atoms with Crippen LogP contribution in [0.1, 0.15) is 51.5 Å². The lowest BCUT2D eigenvalue weighted by molar-refractivity contribution is 0.223. The topological polar surface area (TPSA) is 12.0 Å². The van der Waals surface area contributed by atoms with E-state index in [1.54, 1.807) is 0 Å². The van der Waals surface area contributed by atoms with Crippen LogP contribution in [0.4, 0.5) is 0 Å². The SMILES string of the molecule is CC(C)CC1(CNCc2ccc(Cl)cc2Cl)CCCC1. The summed E-state index contributed by atoms with van der Waals surface area (Å²) < 4.78 is 0. The Kier molecular flexibility index (Phi) is 5.77. The third kappa shape index (κ3) is 4.38. The van der Waals surface area contributed by atoms with Crippen LogP contribution >= 0.6 is 23.2 Å². The Morgan fingerprint density at radius 2 is 1.90 bits per heavy atom. The van der Waals surface area contributed by atoms with E-state index in [1.165, 1.54) is 32.1 Å². The summed E-state index contributed by atoms with van der Waals surface area (Å²) >= 11 is 12.1. The van der Waals surface area contributed by atoms with Gasteiger partial charge in [-0.15, -0.1) is 0 Å². The lowest BCUT2D eigenvalue weighted by Crippen LogP contribution is -2.33. The number of rotatable bonds is 6. The summed E-state index contributed by atoms with van der Waals surface area (Å²) in [5, 5.41) is 5.08. The first-order valence-corrected chi connectivity index (χ1v) is 8.41. The zero-order valence-electron chi connectivity index (χ0n) is 12.5. The van der Waals surface area contributed by atoms with Gasteiger partial charge in [-0.25, -0.2) is 0 Å². The van der Waals surface area contributed by atoms with Crippen molar-refractivity contribution in [2.75, 3.05) is 6.54 Å². The smallest absolute Gasteiger partial charge is 0.0465 e. The van der Waals surface area contributed by atoms with E-state index < -0.39 is 0 Å². The third-order valence-corrected chi connectivity index (χ3v) is 4.92. The first-order valence-electron chi connectivity index (χ1n) is 7.65. The lowest BCUT2D eigenvalue weighted by Gasteiger charge is -2.31. The van der Waals surface area contributed by atoms with E-state index in [1.807, 2.05) is 18.2 Å². The number of halogens is 2. The number of benzene rings is 1. The van der Waals surface area contributed by atoms with Crippen LogP contribution in [0, 0.1) is 11.3 Å². The van der Waals surface area contributed by atoms with Gasteiger partial charge in [-0.2, -0.15) is 0 Å². The highest BCUT2D eigenvalue weighted by Crippen LogP contribution is 2.42. The Morgan fingerprint density at radius 1 is 1.20 bits per heavy atom. The Labute approximate surface area is 133 Å². The van der Waals surface area contributed by atoms with Crippen LogP contribution in [-0.2, 0) is 6.54 Å². The lowest BCUT2D eigenvalue weighted by atomic mass is 9.78. The molecule has 0 amide bonds. The van der Waals surface area contributed by atoms with Gasteiger partial charge in [0.15, 0.2) is 0 Å². The van der Waals surface area contributed by atoms with E-state index in [4.69, 9.17) is 23.2 Å². The molecule has 1 aliphatic carbocycles. The van der Waals surface area contributed by atoms with E-state index >= 15 is 0 Å². The average molecular weight is 314 g/mol. The summed E-state index contributed by atoms with van der Waals surface area (Å²) in [6.07, 6.45) is 6.83. The van der Waals surface area contributed by atoms with Crippen molar-refractivity contribution in [3.8, 4) is 0 Å². The molecule has 1 aliphatic rings. The largest absolute Gasteiger partial charge is 0.312 e. The number of hydrogen-bond acceptors (Lipinski definition) is 1. The van der Waals surface area contributed by atoms with Gasteiger partial charge in [-0.05, 0) is 48.3 Å². The summed E-state index contributed by atoms with van der Waals surface area (Å²) in [4.78, 5) is 0. The van der Waals surface area contributed by atoms with E-state index in [-0.39, 0.29) is 0 Å². The predicted molar refractivity (Wildman–Crippen MR) is 88.5 cm³/mol. The molecule has 3 heteroatoms. The molecule has 0 aliphatic heterocycles. The molecule has 1 aromatic carbocycles. The van der Waals surface area contributed by atoms with Crippen LogP contribution in [0.25, 0.3) is 0 Å². The second-order valence-corrected chi connectivity index (χ2v) is 7.49. The Hall–Kier alpha value is -0.240. The third-order valence-electron chi connectivity index (χ3n) is 4.34. The molecular formula is C17H25Cl2N. The van der Waals surface area contributed by atoms with Crippen molar-refractivity contribution >= 4 is 23.2 Å². The molecule has 0 saturated heterocycles. The molecule has 0 spiro atoms. The minimum absolute atomic E-state index is 0.507. The molecule has 1 N–H and O–H groups in total. The first-order chi connectivity index (χ1) is 9.51. The highest BCUT2D eigenvalue weighted by atomic mass is 35.5. The van der Waals surface area contributed by atoms with E-state index in [2.05, 4.69) is 19.2 Å². The summed E-state index contributed by atoms with van der Waals surface area (Å²) in [6.45, 7) is 6.59. The van der Waals surface area contributed by atoms with Crippen molar-refractivity contribution in [1.29, 1.82) is 0 Å². The molecule has 0 unspecified atom stereocenters. The van der Waals surface area contributed by atoms with E-state index in [0.29, 0.717) is 10.4 Å². The van der Waals surface area contributed by atoms with Crippen molar-refractivity contribution in [3.63, 3.8) is 0 Å². The Balaban J connectivity index is 1.90. The van der Waals surface area contributed by atoms with Gasteiger partial charge in [0.2, 0.25) is 0 Å². The van der Waals surface area contributed by atoms with E-state index in [9.17, 15) is 0 Å². The first kappa shape index (κ1) is 16.1. The minimum Gasteiger partial charge on any atom is -0.312 e. The number of hydrogen-bond donors (Lipinski definition) is 1. The Morgan fingerprint density at radius 3 is 2.50 bits per heavy atom. The van der Waals surface area contributed by atoms with Gasteiger partial charge in [0.25, 0.3) is 0 Å². The fraction of sp³-hybridized carbons (Fsp3) is 0.647. The van der Waals surface area contributed by atoms with Gasteiger partial charge in [-0.3, -0.25) is 0 Å². The second-order valence-electron chi connectivity index (χ2n) is 6.64. The van der Waals surface area contributed by atoms with Crippen molar-refractivity contribution in [3.05, 3.63) is 33.8 Å². The number of nitrogens with one attached hydrogen (secondary N) is 1. The average Bonchev–Trinajstić information content (AvgIpc) is 2.80. The molecule has 1 aromatic rings. The van der Waals surface area contributed by atoms with Crippen molar-refractivity contribution < 1.29 is 0 Å². The minimum atomic E-state index is 0.507. The van der Waals surface area contributed by atoms with Gasteiger partial charge in [0.1, 0.15) is 0 Å². The van der Waals surface area contributed by atoms with Crippen LogP contribution in [0.3, 0.4) is 0 Å². The van der Waals surface area contributed by atoms with Gasteiger partial charge >= 0.3 is 0 Å². The second kappa shape index (κ2) is 7.15. The zero-order chi connectivity index (χ0) is 14.6. The van der Waals surface area contributed by atoms with Gasteiger partial charge in [0.05, 0.1) is 0 Å². The van der Waals surface area contributed by atoms with Crippen LogP contribution < -0.4 is 5.32 Å². The maximum atomic E-state index is 6.22. The van der Waals surface area contributed by atoms with Gasteiger partial charge in [-0.1, -0.05) is 56.0 Å². The maximum Gasteiger partial charge on any atom is 0.0465 e. The molecule has 0 heterocycles. The van der Waals surface area contributed by atoms with Crippen LogP contribution in [0.5, 0.6) is 0 Å². The molecule has 1 fully saturated rings. The maximum absolute atomic E-state index is 6.22. The van der Waals surface area contributed by atoms with E-state index in [0.717, 1.165) is 29.6 Å². The van der Waals surface area contributed by atoms with Gasteiger partial charge < -0.3 is 5.32 Å². The quantitative estimate of drug-likeness (QED) is 0.711. The molecular weight excluding hydrogens is 289 g/mol. The van der Waals surface area contributed by atoms with Crippen molar-refractivity contribution in [2.24, 2.45) is 11.3 Å². The normalized spacial score (nSPS) is 17.9. The summed E-state index contributed by atoms with van der Waals surface area (Å²) in [5.74, 6) is 0.772. The van der Waals surface area contributed by atoms with Gasteiger partial charge in [0, 0.05) is 23.1 Å². The monoisotopic (exact) mass is 313 g/mol. The molecule has 2 rings (SSSR count). The molecule has 0 atom stereocenters. The molecule has 20 heavy (non-hydrogen) atoms. The fourth-order valence-corrected chi connectivity index (χ4v) is 4.05. The summed E-state index contributed by atoms with van der Waals surface area (Å²) in [6, 6.07) is 5.74. The zero-order valence-corrected chi connectivity index (χ0v) is 14.0. The van der Waals surface area contributed by atoms with Crippen molar-refractivity contribution in [1.82, 2.24) is 5.32 Å². The molecule has 1 nitrogen and oxygen atoms in total. The highest BCUT2D eigenvalue weighted by Gasteiger charge is 2.33. The molecule has 0 bridgehead atoms. The predicted octanol–water partition coefficient (Wildman–Crippen LogP) is 5.69. The molecule has 1 saturated carbocycles. The summed E-state index contributed by atoms with van der Waals surface area (Å²) in [7, 11) is 0. The Bertz CT molecular complexity index is 437.